The van der Waals surface area contributed by atoms with Crippen molar-refractivity contribution < 1.29 is 9.53 Å². The number of rotatable bonds is 7. The third kappa shape index (κ3) is 8.29. The lowest BCUT2D eigenvalue weighted by atomic mass is 9.90. The van der Waals surface area contributed by atoms with E-state index in [1.165, 1.54) is 7.11 Å². The molecule has 0 amide bonds. The molecule has 0 bridgehead atoms. The Morgan fingerprint density at radius 3 is 2.17 bits per heavy atom. The number of ether oxygens (including phenoxy) is 1. The molecule has 0 aliphatic heterocycles. The summed E-state index contributed by atoms with van der Waals surface area (Å²) in [5.74, 6) is 0.658. The fourth-order valence-corrected chi connectivity index (χ4v) is 2.21. The Kier molecular flexibility index (Phi) is 7.22. The lowest BCUT2D eigenvalue weighted by Crippen LogP contribution is -2.33. The van der Waals surface area contributed by atoms with Crippen molar-refractivity contribution in [2.45, 2.75) is 53.0 Å². The first-order valence-corrected chi connectivity index (χ1v) is 6.70. The summed E-state index contributed by atoms with van der Waals surface area (Å²) in [6.07, 6.45) is 6.16. The van der Waals surface area contributed by atoms with Gasteiger partial charge in [0.05, 0.1) is 13.0 Å². The van der Waals surface area contributed by atoms with Crippen LogP contribution in [0.2, 0.25) is 0 Å². The predicted octanol–water partition coefficient (Wildman–Crippen LogP) is 3.14. The second-order valence-electron chi connectivity index (χ2n) is 6.19. The van der Waals surface area contributed by atoms with E-state index < -0.39 is 0 Å². The van der Waals surface area contributed by atoms with E-state index in [4.69, 9.17) is 10.5 Å². The van der Waals surface area contributed by atoms with E-state index in [2.05, 4.69) is 26.0 Å². The Hall–Kier alpha value is -0.830. The van der Waals surface area contributed by atoms with E-state index in [0.717, 1.165) is 12.8 Å². The Morgan fingerprint density at radius 1 is 1.22 bits per heavy atom. The summed E-state index contributed by atoms with van der Waals surface area (Å²) in [7, 11) is 1.44. The van der Waals surface area contributed by atoms with Gasteiger partial charge in [-0.25, -0.2) is 0 Å². The van der Waals surface area contributed by atoms with E-state index in [1.54, 1.807) is 0 Å². The van der Waals surface area contributed by atoms with Crippen LogP contribution >= 0.6 is 0 Å². The van der Waals surface area contributed by atoms with Gasteiger partial charge in [0.25, 0.3) is 0 Å². The van der Waals surface area contributed by atoms with Crippen molar-refractivity contribution in [3.8, 4) is 0 Å². The van der Waals surface area contributed by atoms with E-state index in [1.807, 2.05) is 20.8 Å². The van der Waals surface area contributed by atoms with Gasteiger partial charge in [0.15, 0.2) is 0 Å². The maximum atomic E-state index is 11.3. The van der Waals surface area contributed by atoms with Gasteiger partial charge in [0.2, 0.25) is 0 Å². The molecule has 3 heteroatoms. The quantitative estimate of drug-likeness (QED) is 0.561. The third-order valence-corrected chi connectivity index (χ3v) is 2.95. The van der Waals surface area contributed by atoms with E-state index in [-0.39, 0.29) is 17.4 Å². The molecule has 0 aromatic carbocycles. The molecule has 18 heavy (non-hydrogen) atoms. The van der Waals surface area contributed by atoms with E-state index in [0.29, 0.717) is 11.8 Å². The Bertz CT molecular complexity index is 279. The van der Waals surface area contributed by atoms with Crippen molar-refractivity contribution in [3.05, 3.63) is 12.2 Å². The summed E-state index contributed by atoms with van der Waals surface area (Å²) in [6, 6.07) is 0. The summed E-state index contributed by atoms with van der Waals surface area (Å²) in [6.45, 7) is 10.3. The minimum absolute atomic E-state index is 0.0455. The van der Waals surface area contributed by atoms with Gasteiger partial charge in [-0.15, -0.1) is 0 Å². The average Bonchev–Trinajstić information content (AvgIpc) is 2.22. The molecule has 3 atom stereocenters. The SMILES string of the molecule is COC(=O)C(C)CC(C)/C=C/C(C)CC(C)(C)N. The minimum Gasteiger partial charge on any atom is -0.469 e. The molecule has 0 rings (SSSR count). The highest BCUT2D eigenvalue weighted by Crippen LogP contribution is 2.18. The highest BCUT2D eigenvalue weighted by molar-refractivity contribution is 5.71. The lowest BCUT2D eigenvalue weighted by molar-refractivity contribution is -0.145. The van der Waals surface area contributed by atoms with Crippen LogP contribution in [0.3, 0.4) is 0 Å². The Morgan fingerprint density at radius 2 is 1.72 bits per heavy atom. The lowest BCUT2D eigenvalue weighted by Gasteiger charge is -2.21. The molecule has 0 spiro atoms. The number of methoxy groups -OCH3 is 1. The van der Waals surface area contributed by atoms with Crippen LogP contribution in [0.25, 0.3) is 0 Å². The van der Waals surface area contributed by atoms with Gasteiger partial charge in [0, 0.05) is 5.54 Å². The van der Waals surface area contributed by atoms with Crippen molar-refractivity contribution in [1.29, 1.82) is 0 Å². The van der Waals surface area contributed by atoms with E-state index >= 15 is 0 Å². The van der Waals surface area contributed by atoms with Crippen LogP contribution in [0.15, 0.2) is 12.2 Å². The molecule has 2 N–H and O–H groups in total. The van der Waals surface area contributed by atoms with E-state index in [9.17, 15) is 4.79 Å². The van der Waals surface area contributed by atoms with Gasteiger partial charge < -0.3 is 10.5 Å². The molecule has 0 saturated heterocycles. The highest BCUT2D eigenvalue weighted by Gasteiger charge is 2.16. The Balaban J connectivity index is 4.15. The second-order valence-corrected chi connectivity index (χ2v) is 6.19. The van der Waals surface area contributed by atoms with Crippen molar-refractivity contribution in [1.82, 2.24) is 0 Å². The second kappa shape index (κ2) is 7.57. The number of nitrogens with two attached hydrogens (primary N) is 1. The zero-order valence-electron chi connectivity index (χ0n) is 12.7. The molecule has 3 nitrogen and oxygen atoms in total. The average molecular weight is 255 g/mol. The zero-order chi connectivity index (χ0) is 14.3. The molecular weight excluding hydrogens is 226 g/mol. The molecule has 0 radical (unpaired) electrons. The summed E-state index contributed by atoms with van der Waals surface area (Å²) in [5.41, 5.74) is 5.85. The number of hydrogen-bond acceptors (Lipinski definition) is 3. The first kappa shape index (κ1) is 17.2. The summed E-state index contributed by atoms with van der Waals surface area (Å²) >= 11 is 0. The minimum atomic E-state index is -0.133. The zero-order valence-corrected chi connectivity index (χ0v) is 12.7. The highest BCUT2D eigenvalue weighted by atomic mass is 16.5. The van der Waals surface area contributed by atoms with Crippen molar-refractivity contribution >= 4 is 5.97 Å². The molecule has 0 aromatic rings. The van der Waals surface area contributed by atoms with Gasteiger partial charge in [0.1, 0.15) is 0 Å². The van der Waals surface area contributed by atoms with Crippen LogP contribution in [0.5, 0.6) is 0 Å². The number of carbonyl (C=O) groups is 1. The maximum absolute atomic E-state index is 11.3. The molecule has 0 saturated carbocycles. The van der Waals surface area contributed by atoms with Crippen LogP contribution in [-0.4, -0.2) is 18.6 Å². The first-order chi connectivity index (χ1) is 8.15. The largest absolute Gasteiger partial charge is 0.469 e. The van der Waals surface area contributed by atoms with Crippen LogP contribution in [0.1, 0.15) is 47.5 Å². The van der Waals surface area contributed by atoms with Gasteiger partial charge in [-0.2, -0.15) is 0 Å². The number of allylic oxidation sites excluding steroid dienone is 2. The van der Waals surface area contributed by atoms with Crippen molar-refractivity contribution in [2.75, 3.05) is 7.11 Å². The summed E-state index contributed by atoms with van der Waals surface area (Å²) < 4.78 is 4.72. The van der Waals surface area contributed by atoms with Gasteiger partial charge >= 0.3 is 5.97 Å². The van der Waals surface area contributed by atoms with Crippen LogP contribution in [0, 0.1) is 17.8 Å². The molecule has 0 aliphatic rings. The maximum Gasteiger partial charge on any atom is 0.308 e. The van der Waals surface area contributed by atoms with Crippen molar-refractivity contribution in [3.63, 3.8) is 0 Å². The van der Waals surface area contributed by atoms with Crippen LogP contribution in [0.4, 0.5) is 0 Å². The van der Waals surface area contributed by atoms with Gasteiger partial charge in [-0.1, -0.05) is 32.9 Å². The fraction of sp³-hybridized carbons (Fsp3) is 0.800. The number of hydrogen-bond donors (Lipinski definition) is 1. The van der Waals surface area contributed by atoms with Crippen LogP contribution in [-0.2, 0) is 9.53 Å². The molecule has 106 valence electrons. The van der Waals surface area contributed by atoms with Gasteiger partial charge in [-0.3, -0.25) is 4.79 Å². The molecular formula is C15H29NO2. The molecule has 0 aromatic heterocycles. The fourth-order valence-electron chi connectivity index (χ4n) is 2.21. The number of esters is 1. The van der Waals surface area contributed by atoms with Crippen molar-refractivity contribution in [2.24, 2.45) is 23.5 Å². The van der Waals surface area contributed by atoms with Gasteiger partial charge in [-0.05, 0) is 38.5 Å². The normalized spacial score (nSPS) is 17.5. The summed E-state index contributed by atoms with van der Waals surface area (Å²) in [5, 5.41) is 0. The molecule has 0 heterocycles. The smallest absolute Gasteiger partial charge is 0.308 e. The Labute approximate surface area is 112 Å². The van der Waals surface area contributed by atoms with Crippen LogP contribution < -0.4 is 5.73 Å². The number of carbonyl (C=O) groups excluding carboxylic acids is 1. The molecule has 0 aliphatic carbocycles. The third-order valence-electron chi connectivity index (χ3n) is 2.95. The molecule has 3 unspecified atom stereocenters. The predicted molar refractivity (Wildman–Crippen MR) is 76.1 cm³/mol. The molecule has 0 fully saturated rings. The monoisotopic (exact) mass is 255 g/mol. The first-order valence-electron chi connectivity index (χ1n) is 6.70. The standard InChI is InChI=1S/C15H29NO2/c1-11(9-13(3)14(17)18-6)7-8-12(2)10-15(4,5)16/h7-8,11-13H,9-10,16H2,1-6H3/b8-7+. The summed E-state index contributed by atoms with van der Waals surface area (Å²) in [4.78, 5) is 11.3. The topological polar surface area (TPSA) is 52.3 Å².